The summed E-state index contributed by atoms with van der Waals surface area (Å²) < 4.78 is 0. The molecule has 0 N–H and O–H groups in total. The Balaban J connectivity index is 2.49. The van der Waals surface area contributed by atoms with E-state index in [0.717, 1.165) is 6.29 Å². The lowest BCUT2D eigenvalue weighted by molar-refractivity contribution is -0.105. The molecule has 0 heterocycles. The van der Waals surface area contributed by atoms with Gasteiger partial charge in [0.2, 0.25) is 0 Å². The van der Waals surface area contributed by atoms with Crippen LogP contribution in [-0.2, 0) is 4.79 Å². The summed E-state index contributed by atoms with van der Waals surface area (Å²) in [4.78, 5) is 9.48. The molecule has 0 aliphatic heterocycles. The predicted molar refractivity (Wildman–Crippen MR) is 29.2 cm³/mol. The van der Waals surface area contributed by atoms with Crippen LogP contribution in [0.25, 0.3) is 0 Å². The van der Waals surface area contributed by atoms with E-state index >= 15 is 0 Å². The van der Waals surface area contributed by atoms with E-state index in [1.54, 1.807) is 0 Å². The minimum atomic E-state index is 0.513. The molecule has 0 saturated carbocycles. The Morgan fingerprint density at radius 2 is 2.50 bits per heavy atom. The Labute approximate surface area is 46.1 Å². The lowest BCUT2D eigenvalue weighted by atomic mass is 10.9. The lowest BCUT2D eigenvalue weighted by Crippen LogP contribution is -1.74. The van der Waals surface area contributed by atoms with Gasteiger partial charge in [0.1, 0.15) is 6.29 Å². The van der Waals surface area contributed by atoms with Crippen molar-refractivity contribution >= 4 is 29.6 Å². The summed E-state index contributed by atoms with van der Waals surface area (Å²) >= 11 is 6.59. The standard InChI is InChI=1S/C3H5ClOS/c4-3-6-2-1-5/h1H,2-3H2. The Morgan fingerprint density at radius 1 is 1.83 bits per heavy atom. The van der Waals surface area contributed by atoms with Crippen LogP contribution in [0.2, 0.25) is 0 Å². The predicted octanol–water partition coefficient (Wildman–Crippen LogP) is 1.11. The van der Waals surface area contributed by atoms with Gasteiger partial charge in [-0.25, -0.2) is 0 Å². The second kappa shape index (κ2) is 5.31. The quantitative estimate of drug-likeness (QED) is 0.319. The van der Waals surface area contributed by atoms with E-state index in [9.17, 15) is 4.79 Å². The molecule has 0 atom stereocenters. The van der Waals surface area contributed by atoms with Gasteiger partial charge in [0, 0.05) is 0 Å². The van der Waals surface area contributed by atoms with Crippen molar-refractivity contribution in [2.75, 3.05) is 11.0 Å². The molecule has 3 heteroatoms. The normalized spacial score (nSPS) is 8.17. The number of carbonyl (C=O) groups excluding carboxylic acids is 1. The highest BCUT2D eigenvalue weighted by Crippen LogP contribution is 1.97. The highest BCUT2D eigenvalue weighted by Gasteiger charge is 1.76. The number of alkyl halides is 1. The third kappa shape index (κ3) is 4.31. The minimum Gasteiger partial charge on any atom is -0.302 e. The molecule has 0 unspecified atom stereocenters. The fraction of sp³-hybridized carbons (Fsp3) is 0.667. The number of carbonyl (C=O) groups is 1. The van der Waals surface area contributed by atoms with Gasteiger partial charge in [-0.1, -0.05) is 0 Å². The van der Waals surface area contributed by atoms with Gasteiger partial charge in [-0.3, -0.25) is 0 Å². The molecule has 0 fully saturated rings. The summed E-state index contributed by atoms with van der Waals surface area (Å²) in [7, 11) is 0. The first-order chi connectivity index (χ1) is 2.91. The lowest BCUT2D eigenvalue weighted by Gasteiger charge is -1.78. The molecule has 0 aromatic rings. The van der Waals surface area contributed by atoms with Gasteiger partial charge in [0.05, 0.1) is 11.0 Å². The summed E-state index contributed by atoms with van der Waals surface area (Å²) in [5.41, 5.74) is 0. The zero-order valence-corrected chi connectivity index (χ0v) is 4.76. The van der Waals surface area contributed by atoms with Crippen LogP contribution in [0.3, 0.4) is 0 Å². The zero-order valence-electron chi connectivity index (χ0n) is 3.19. The fourth-order valence-electron chi connectivity index (χ4n) is 0.0927. The molecule has 0 amide bonds. The monoisotopic (exact) mass is 124 g/mol. The molecule has 0 rings (SSSR count). The van der Waals surface area contributed by atoms with Crippen molar-refractivity contribution in [2.45, 2.75) is 0 Å². The van der Waals surface area contributed by atoms with E-state index in [2.05, 4.69) is 0 Å². The molecular weight excluding hydrogens is 120 g/mol. The summed E-state index contributed by atoms with van der Waals surface area (Å²) in [6.07, 6.45) is 0.840. The third-order valence-corrected chi connectivity index (χ3v) is 1.25. The second-order valence-electron chi connectivity index (χ2n) is 0.647. The summed E-state index contributed by atoms with van der Waals surface area (Å²) in [6.45, 7) is 0. The maximum absolute atomic E-state index is 9.48. The smallest absolute Gasteiger partial charge is 0.129 e. The van der Waals surface area contributed by atoms with Crippen molar-refractivity contribution in [3.8, 4) is 0 Å². The number of hydrogen-bond acceptors (Lipinski definition) is 2. The van der Waals surface area contributed by atoms with Crippen LogP contribution in [0.1, 0.15) is 0 Å². The molecule has 0 spiro atoms. The first-order valence-electron chi connectivity index (χ1n) is 1.49. The second-order valence-corrected chi connectivity index (χ2v) is 2.26. The first kappa shape index (κ1) is 6.31. The summed E-state index contributed by atoms with van der Waals surface area (Å²) in [5, 5.41) is 0.513. The topological polar surface area (TPSA) is 17.1 Å². The third-order valence-electron chi connectivity index (χ3n) is 0.263. The van der Waals surface area contributed by atoms with Crippen molar-refractivity contribution in [2.24, 2.45) is 0 Å². The van der Waals surface area contributed by atoms with Crippen molar-refractivity contribution in [3.63, 3.8) is 0 Å². The zero-order chi connectivity index (χ0) is 4.83. The van der Waals surface area contributed by atoms with E-state index in [4.69, 9.17) is 11.6 Å². The Hall–Kier alpha value is 0.310. The van der Waals surface area contributed by atoms with E-state index in [1.807, 2.05) is 0 Å². The van der Waals surface area contributed by atoms with Crippen molar-refractivity contribution < 1.29 is 4.79 Å². The number of halogens is 1. The maximum Gasteiger partial charge on any atom is 0.129 e. The first-order valence-corrected chi connectivity index (χ1v) is 3.18. The average Bonchev–Trinajstić information content (AvgIpc) is 1.61. The fourth-order valence-corrected chi connectivity index (χ4v) is 0.545. The molecule has 6 heavy (non-hydrogen) atoms. The molecule has 1 nitrogen and oxygen atoms in total. The van der Waals surface area contributed by atoms with E-state index in [0.29, 0.717) is 11.0 Å². The molecule has 0 bridgehead atoms. The SMILES string of the molecule is O=CCSCCl. The summed E-state index contributed by atoms with van der Waals surface area (Å²) in [6, 6.07) is 0. The Kier molecular flexibility index (Phi) is 5.58. The molecule has 36 valence electrons. The number of aldehydes is 1. The Morgan fingerprint density at radius 3 is 2.67 bits per heavy atom. The van der Waals surface area contributed by atoms with Crippen molar-refractivity contribution in [3.05, 3.63) is 0 Å². The summed E-state index contributed by atoms with van der Waals surface area (Å²) in [5.74, 6) is 0.517. The van der Waals surface area contributed by atoms with Gasteiger partial charge >= 0.3 is 0 Å². The van der Waals surface area contributed by atoms with E-state index in [1.165, 1.54) is 11.8 Å². The molecule has 0 radical (unpaired) electrons. The van der Waals surface area contributed by atoms with Gasteiger partial charge in [-0.05, 0) is 0 Å². The van der Waals surface area contributed by atoms with Crippen molar-refractivity contribution in [1.82, 2.24) is 0 Å². The van der Waals surface area contributed by atoms with Crippen LogP contribution in [0.5, 0.6) is 0 Å². The van der Waals surface area contributed by atoms with Crippen LogP contribution in [0.15, 0.2) is 0 Å². The van der Waals surface area contributed by atoms with Crippen LogP contribution in [0, 0.1) is 0 Å². The molecular formula is C3H5ClOS. The van der Waals surface area contributed by atoms with Gasteiger partial charge in [-0.15, -0.1) is 23.4 Å². The van der Waals surface area contributed by atoms with Gasteiger partial charge in [-0.2, -0.15) is 0 Å². The number of rotatable bonds is 3. The van der Waals surface area contributed by atoms with Gasteiger partial charge in [0.15, 0.2) is 0 Å². The number of thioether (sulfide) groups is 1. The number of hydrogen-bond donors (Lipinski definition) is 0. The van der Waals surface area contributed by atoms with Crippen molar-refractivity contribution in [1.29, 1.82) is 0 Å². The highest BCUT2D eigenvalue weighted by molar-refractivity contribution is 8.00. The minimum absolute atomic E-state index is 0.513. The highest BCUT2D eigenvalue weighted by atomic mass is 35.5. The molecule has 0 aromatic heterocycles. The van der Waals surface area contributed by atoms with E-state index < -0.39 is 0 Å². The maximum atomic E-state index is 9.48. The molecule has 0 aromatic carbocycles. The van der Waals surface area contributed by atoms with Gasteiger partial charge < -0.3 is 4.79 Å². The molecule has 0 aliphatic rings. The largest absolute Gasteiger partial charge is 0.302 e. The van der Waals surface area contributed by atoms with E-state index in [-0.39, 0.29) is 0 Å². The van der Waals surface area contributed by atoms with Crippen LogP contribution < -0.4 is 0 Å². The molecule has 0 saturated heterocycles. The molecule has 0 aliphatic carbocycles. The Bertz CT molecular complexity index is 39.8. The van der Waals surface area contributed by atoms with Gasteiger partial charge in [0.25, 0.3) is 0 Å². The average molecular weight is 125 g/mol. The van der Waals surface area contributed by atoms with Crippen LogP contribution in [0.4, 0.5) is 0 Å². The van der Waals surface area contributed by atoms with Crippen LogP contribution >= 0.6 is 23.4 Å². The van der Waals surface area contributed by atoms with Crippen LogP contribution in [-0.4, -0.2) is 17.3 Å².